The average molecular weight is 262 g/mol. The van der Waals surface area contributed by atoms with E-state index in [9.17, 15) is 4.79 Å². The summed E-state index contributed by atoms with van der Waals surface area (Å²) in [6, 6.07) is 1.95. The molecule has 1 saturated carbocycles. The van der Waals surface area contributed by atoms with Gasteiger partial charge in [0.1, 0.15) is 0 Å². The number of hydrazine groups is 1. The lowest BCUT2D eigenvalue weighted by Gasteiger charge is -2.32. The molecule has 3 atom stereocenters. The number of hydrogen-bond donors (Lipinski definition) is 3. The standard InChI is InChI=1S/C14H22N4O/c1-9-3-4-11(7-10(9)2)17-14(19)12-8-16-6-5-13(12)18-15/h5-6,8-11H,3-4,7,15H2,1-2H3,(H,16,18)(H,17,19). The van der Waals surface area contributed by atoms with Crippen LogP contribution in [-0.2, 0) is 0 Å². The third kappa shape index (κ3) is 3.23. The van der Waals surface area contributed by atoms with Gasteiger partial charge in [0, 0.05) is 18.4 Å². The summed E-state index contributed by atoms with van der Waals surface area (Å²) in [6.45, 7) is 4.53. The Balaban J connectivity index is 2.01. The number of anilines is 1. The van der Waals surface area contributed by atoms with E-state index in [1.807, 2.05) is 0 Å². The van der Waals surface area contributed by atoms with Gasteiger partial charge in [0.25, 0.3) is 5.91 Å². The topological polar surface area (TPSA) is 80.0 Å². The molecule has 2 rings (SSSR count). The van der Waals surface area contributed by atoms with Crippen molar-refractivity contribution in [3.63, 3.8) is 0 Å². The Kier molecular flexibility index (Phi) is 4.37. The van der Waals surface area contributed by atoms with Gasteiger partial charge in [-0.3, -0.25) is 15.6 Å². The minimum Gasteiger partial charge on any atom is -0.349 e. The highest BCUT2D eigenvalue weighted by molar-refractivity contribution is 5.99. The summed E-state index contributed by atoms with van der Waals surface area (Å²) in [6.07, 6.45) is 6.40. The highest BCUT2D eigenvalue weighted by Gasteiger charge is 2.26. The van der Waals surface area contributed by atoms with Crippen LogP contribution in [0.5, 0.6) is 0 Å². The number of hydrogen-bond acceptors (Lipinski definition) is 4. The van der Waals surface area contributed by atoms with Gasteiger partial charge in [-0.2, -0.15) is 0 Å². The molecule has 5 nitrogen and oxygen atoms in total. The van der Waals surface area contributed by atoms with E-state index in [-0.39, 0.29) is 11.9 Å². The lowest BCUT2D eigenvalue weighted by molar-refractivity contribution is 0.0911. The number of carbonyl (C=O) groups is 1. The smallest absolute Gasteiger partial charge is 0.255 e. The van der Waals surface area contributed by atoms with E-state index in [0.29, 0.717) is 17.2 Å². The molecule has 1 aromatic rings. The van der Waals surface area contributed by atoms with Crippen LogP contribution in [0, 0.1) is 11.8 Å². The van der Waals surface area contributed by atoms with Crippen molar-refractivity contribution in [2.45, 2.75) is 39.2 Å². The van der Waals surface area contributed by atoms with Crippen molar-refractivity contribution in [1.82, 2.24) is 10.3 Å². The molecule has 0 radical (unpaired) electrons. The van der Waals surface area contributed by atoms with Gasteiger partial charge < -0.3 is 10.7 Å². The minimum atomic E-state index is -0.104. The second kappa shape index (κ2) is 6.02. The van der Waals surface area contributed by atoms with Gasteiger partial charge in [0.2, 0.25) is 0 Å². The van der Waals surface area contributed by atoms with Gasteiger partial charge in [0.15, 0.2) is 0 Å². The zero-order valence-corrected chi connectivity index (χ0v) is 11.5. The van der Waals surface area contributed by atoms with Crippen molar-refractivity contribution >= 4 is 11.6 Å². The molecule has 3 unspecified atom stereocenters. The highest BCUT2D eigenvalue weighted by Crippen LogP contribution is 2.29. The Hall–Kier alpha value is -1.62. The van der Waals surface area contributed by atoms with E-state index in [0.717, 1.165) is 18.8 Å². The van der Waals surface area contributed by atoms with E-state index in [2.05, 4.69) is 29.6 Å². The van der Waals surface area contributed by atoms with Crippen LogP contribution < -0.4 is 16.6 Å². The second-order valence-corrected chi connectivity index (χ2v) is 5.50. The number of amides is 1. The number of pyridine rings is 1. The third-order valence-electron chi connectivity index (χ3n) is 4.15. The molecule has 1 amide bonds. The van der Waals surface area contributed by atoms with Crippen molar-refractivity contribution in [1.29, 1.82) is 0 Å². The summed E-state index contributed by atoms with van der Waals surface area (Å²) < 4.78 is 0. The van der Waals surface area contributed by atoms with Crippen LogP contribution in [0.15, 0.2) is 18.5 Å². The van der Waals surface area contributed by atoms with E-state index in [1.165, 1.54) is 6.42 Å². The number of nitrogens with zero attached hydrogens (tertiary/aromatic N) is 1. The van der Waals surface area contributed by atoms with E-state index in [1.54, 1.807) is 18.5 Å². The summed E-state index contributed by atoms with van der Waals surface area (Å²) in [5, 5.41) is 3.09. The summed E-state index contributed by atoms with van der Waals surface area (Å²) in [7, 11) is 0. The Bertz CT molecular complexity index is 449. The van der Waals surface area contributed by atoms with Gasteiger partial charge in [0.05, 0.1) is 11.3 Å². The summed E-state index contributed by atoms with van der Waals surface area (Å²) in [5.74, 6) is 6.70. The summed E-state index contributed by atoms with van der Waals surface area (Å²) >= 11 is 0. The van der Waals surface area contributed by atoms with Crippen LogP contribution >= 0.6 is 0 Å². The van der Waals surface area contributed by atoms with Crippen molar-refractivity contribution in [2.75, 3.05) is 5.43 Å². The maximum Gasteiger partial charge on any atom is 0.255 e. The van der Waals surface area contributed by atoms with Crippen LogP contribution in [0.3, 0.4) is 0 Å². The molecule has 0 aromatic carbocycles. The molecular weight excluding hydrogens is 240 g/mol. The van der Waals surface area contributed by atoms with Crippen LogP contribution in [0.2, 0.25) is 0 Å². The first-order valence-corrected chi connectivity index (χ1v) is 6.83. The quantitative estimate of drug-likeness (QED) is 0.574. The van der Waals surface area contributed by atoms with Gasteiger partial charge in [-0.05, 0) is 37.2 Å². The average Bonchev–Trinajstić information content (AvgIpc) is 2.43. The number of rotatable bonds is 3. The molecule has 0 spiro atoms. The Morgan fingerprint density at radius 3 is 2.84 bits per heavy atom. The minimum absolute atomic E-state index is 0.104. The maximum absolute atomic E-state index is 12.2. The fourth-order valence-corrected chi connectivity index (χ4v) is 2.64. The third-order valence-corrected chi connectivity index (χ3v) is 4.15. The SMILES string of the molecule is CC1CCC(NC(=O)c2cnccc2NN)CC1C. The molecule has 1 fully saturated rings. The molecule has 0 saturated heterocycles. The van der Waals surface area contributed by atoms with Gasteiger partial charge in [-0.1, -0.05) is 13.8 Å². The first-order chi connectivity index (χ1) is 9.11. The van der Waals surface area contributed by atoms with Crippen molar-refractivity contribution in [3.8, 4) is 0 Å². The molecule has 1 aliphatic rings. The molecule has 0 aliphatic heterocycles. The Morgan fingerprint density at radius 2 is 2.16 bits per heavy atom. The molecule has 1 aromatic heterocycles. The zero-order valence-electron chi connectivity index (χ0n) is 11.5. The second-order valence-electron chi connectivity index (χ2n) is 5.50. The largest absolute Gasteiger partial charge is 0.349 e. The first-order valence-electron chi connectivity index (χ1n) is 6.83. The van der Waals surface area contributed by atoms with E-state index in [4.69, 9.17) is 5.84 Å². The normalized spacial score (nSPS) is 26.8. The lowest BCUT2D eigenvalue weighted by Crippen LogP contribution is -2.40. The number of aromatic nitrogens is 1. The van der Waals surface area contributed by atoms with Crippen LogP contribution in [-0.4, -0.2) is 16.9 Å². The van der Waals surface area contributed by atoms with Crippen molar-refractivity contribution in [3.05, 3.63) is 24.0 Å². The molecular formula is C14H22N4O. The van der Waals surface area contributed by atoms with Crippen molar-refractivity contribution in [2.24, 2.45) is 17.7 Å². The van der Waals surface area contributed by atoms with Crippen molar-refractivity contribution < 1.29 is 4.79 Å². The first kappa shape index (κ1) is 13.8. The van der Waals surface area contributed by atoms with Crippen LogP contribution in [0.25, 0.3) is 0 Å². The summed E-state index contributed by atoms with van der Waals surface area (Å²) in [4.78, 5) is 16.2. The fraction of sp³-hybridized carbons (Fsp3) is 0.571. The predicted molar refractivity (Wildman–Crippen MR) is 75.5 cm³/mol. The van der Waals surface area contributed by atoms with Gasteiger partial charge >= 0.3 is 0 Å². The molecule has 19 heavy (non-hydrogen) atoms. The molecule has 104 valence electrons. The maximum atomic E-state index is 12.2. The lowest BCUT2D eigenvalue weighted by atomic mass is 9.79. The number of nitrogens with two attached hydrogens (primary N) is 1. The molecule has 1 heterocycles. The number of nitrogens with one attached hydrogen (secondary N) is 2. The van der Waals surface area contributed by atoms with Gasteiger partial charge in [-0.15, -0.1) is 0 Å². The highest BCUT2D eigenvalue weighted by atomic mass is 16.1. The summed E-state index contributed by atoms with van der Waals surface area (Å²) in [5.41, 5.74) is 3.63. The van der Waals surface area contributed by atoms with E-state index >= 15 is 0 Å². The van der Waals surface area contributed by atoms with Gasteiger partial charge in [-0.25, -0.2) is 0 Å². The fourth-order valence-electron chi connectivity index (χ4n) is 2.64. The number of nitrogen functional groups attached to an aromatic ring is 1. The monoisotopic (exact) mass is 262 g/mol. The molecule has 4 N–H and O–H groups in total. The zero-order chi connectivity index (χ0) is 13.8. The van der Waals surface area contributed by atoms with E-state index < -0.39 is 0 Å². The van der Waals surface area contributed by atoms with Crippen LogP contribution in [0.1, 0.15) is 43.5 Å². The molecule has 5 heteroatoms. The van der Waals surface area contributed by atoms with Crippen LogP contribution in [0.4, 0.5) is 5.69 Å². The Labute approximate surface area is 114 Å². The molecule has 1 aliphatic carbocycles. The molecule has 0 bridgehead atoms. The number of carbonyl (C=O) groups excluding carboxylic acids is 1. The Morgan fingerprint density at radius 1 is 1.37 bits per heavy atom. The predicted octanol–water partition coefficient (Wildman–Crippen LogP) is 1.92.